The molecule has 6 nitrogen and oxygen atoms in total. The van der Waals surface area contributed by atoms with E-state index in [0.717, 1.165) is 16.8 Å². The van der Waals surface area contributed by atoms with Crippen LogP contribution in [0.5, 0.6) is 0 Å². The maximum Gasteiger partial charge on any atom is 0.264 e. The first-order valence-electron chi connectivity index (χ1n) is 10.2. The molecule has 0 spiro atoms. The van der Waals surface area contributed by atoms with Crippen molar-refractivity contribution in [1.29, 1.82) is 0 Å². The first-order chi connectivity index (χ1) is 15.5. The minimum absolute atomic E-state index is 0.139. The number of nitrogens with one attached hydrogen (secondary N) is 1. The molecule has 4 aromatic rings. The van der Waals surface area contributed by atoms with Crippen LogP contribution in [0.4, 0.5) is 11.5 Å². The number of fused-ring (bicyclic) bond motifs is 1. The number of hydrogen-bond acceptors (Lipinski definition) is 4. The van der Waals surface area contributed by atoms with Gasteiger partial charge in [0.2, 0.25) is 5.69 Å². The van der Waals surface area contributed by atoms with E-state index in [-0.39, 0.29) is 11.6 Å². The Morgan fingerprint density at radius 3 is 2.66 bits per heavy atom. The average molecular weight is 419 g/mol. The Bertz CT molecular complexity index is 1470. The number of benzene rings is 2. The van der Waals surface area contributed by atoms with Crippen LogP contribution in [0.3, 0.4) is 0 Å². The number of pyridine rings is 1. The van der Waals surface area contributed by atoms with Crippen molar-refractivity contribution >= 4 is 22.3 Å². The standard InChI is InChI=1S/C26H21N5O/c1-5-10-19-11-9-12-20-15-23(17(2)29-25-22(27-4)16-28-18(3)30-25)31(26(32)24(19)20)21-13-7-6-8-14-21/h6-9,11-17H,1-3H3,(H,28,29,30)/t17-/m0/s1. The second-order valence-corrected chi connectivity index (χ2v) is 7.32. The highest BCUT2D eigenvalue weighted by molar-refractivity contribution is 5.88. The van der Waals surface area contributed by atoms with Crippen LogP contribution in [-0.4, -0.2) is 14.5 Å². The third-order valence-electron chi connectivity index (χ3n) is 5.16. The molecule has 2 aromatic carbocycles. The molecule has 0 unspecified atom stereocenters. The number of anilines is 1. The Labute approximate surface area is 186 Å². The smallest absolute Gasteiger partial charge is 0.264 e. The second kappa shape index (κ2) is 8.75. The van der Waals surface area contributed by atoms with Gasteiger partial charge in [-0.1, -0.05) is 36.3 Å². The fraction of sp³-hybridized carbons (Fsp3) is 0.154. The molecule has 0 saturated heterocycles. The Kier molecular flexibility index (Phi) is 5.70. The van der Waals surface area contributed by atoms with Gasteiger partial charge in [0, 0.05) is 23.1 Å². The van der Waals surface area contributed by atoms with Gasteiger partial charge in [0.25, 0.3) is 5.56 Å². The molecule has 2 aromatic heterocycles. The predicted octanol–water partition coefficient (Wildman–Crippen LogP) is 5.18. The number of rotatable bonds is 4. The maximum atomic E-state index is 13.8. The van der Waals surface area contributed by atoms with Gasteiger partial charge in [-0.3, -0.25) is 14.3 Å². The molecule has 0 aliphatic heterocycles. The summed E-state index contributed by atoms with van der Waals surface area (Å²) in [6.07, 6.45) is 1.50. The lowest BCUT2D eigenvalue weighted by Gasteiger charge is -2.22. The normalized spacial score (nSPS) is 11.3. The second-order valence-electron chi connectivity index (χ2n) is 7.32. The highest BCUT2D eigenvalue weighted by Gasteiger charge is 2.19. The number of para-hydroxylation sites is 1. The van der Waals surface area contributed by atoms with E-state index < -0.39 is 0 Å². The highest BCUT2D eigenvalue weighted by Crippen LogP contribution is 2.28. The van der Waals surface area contributed by atoms with E-state index in [4.69, 9.17) is 6.57 Å². The highest BCUT2D eigenvalue weighted by atomic mass is 16.1. The van der Waals surface area contributed by atoms with E-state index in [1.165, 1.54) is 6.20 Å². The Morgan fingerprint density at radius 2 is 1.94 bits per heavy atom. The number of nitrogens with zero attached hydrogens (tertiary/aromatic N) is 4. The van der Waals surface area contributed by atoms with Crippen LogP contribution in [0.15, 0.2) is 65.6 Å². The predicted molar refractivity (Wildman–Crippen MR) is 127 cm³/mol. The molecule has 0 saturated carbocycles. The summed E-state index contributed by atoms with van der Waals surface area (Å²) in [5.41, 5.74) is 2.40. The van der Waals surface area contributed by atoms with Crippen molar-refractivity contribution in [2.24, 2.45) is 0 Å². The Balaban J connectivity index is 1.96. The number of hydrogen-bond donors (Lipinski definition) is 1. The van der Waals surface area contributed by atoms with Crippen LogP contribution in [0.25, 0.3) is 21.3 Å². The van der Waals surface area contributed by atoms with Gasteiger partial charge in [0.05, 0.1) is 18.0 Å². The Hall–Kier alpha value is -4.42. The lowest BCUT2D eigenvalue weighted by molar-refractivity contribution is 0.772. The molecule has 0 fully saturated rings. The molecular weight excluding hydrogens is 398 g/mol. The molecule has 6 heteroatoms. The fourth-order valence-electron chi connectivity index (χ4n) is 3.71. The van der Waals surface area contributed by atoms with Crippen molar-refractivity contribution in [1.82, 2.24) is 14.5 Å². The van der Waals surface area contributed by atoms with Crippen molar-refractivity contribution in [2.45, 2.75) is 26.8 Å². The molecule has 2 heterocycles. The van der Waals surface area contributed by atoms with Crippen LogP contribution >= 0.6 is 0 Å². The molecule has 0 radical (unpaired) electrons. The minimum Gasteiger partial charge on any atom is -0.371 e. The van der Waals surface area contributed by atoms with E-state index in [9.17, 15) is 4.79 Å². The molecule has 0 amide bonds. The van der Waals surface area contributed by atoms with Crippen molar-refractivity contribution in [2.75, 3.05) is 5.32 Å². The monoisotopic (exact) mass is 419 g/mol. The summed E-state index contributed by atoms with van der Waals surface area (Å²) in [7, 11) is 0. The van der Waals surface area contributed by atoms with Crippen molar-refractivity contribution < 1.29 is 0 Å². The summed E-state index contributed by atoms with van der Waals surface area (Å²) in [5.74, 6) is 6.95. The number of aromatic nitrogens is 3. The summed E-state index contributed by atoms with van der Waals surface area (Å²) in [5, 5.41) is 4.71. The van der Waals surface area contributed by atoms with E-state index in [0.29, 0.717) is 28.3 Å². The van der Waals surface area contributed by atoms with Gasteiger partial charge >= 0.3 is 0 Å². The third-order valence-corrected chi connectivity index (χ3v) is 5.16. The average Bonchev–Trinajstić information content (AvgIpc) is 2.80. The van der Waals surface area contributed by atoms with Crippen LogP contribution in [0, 0.1) is 25.3 Å². The lowest BCUT2D eigenvalue weighted by atomic mass is 10.0. The zero-order valence-corrected chi connectivity index (χ0v) is 18.0. The minimum atomic E-state index is -0.317. The van der Waals surface area contributed by atoms with Crippen molar-refractivity contribution in [3.05, 3.63) is 99.6 Å². The van der Waals surface area contributed by atoms with Crippen LogP contribution < -0.4 is 10.9 Å². The third kappa shape index (κ3) is 3.82. The molecule has 1 N–H and O–H groups in total. The first-order valence-corrected chi connectivity index (χ1v) is 10.2. The molecule has 0 aliphatic rings. The molecule has 0 aliphatic carbocycles. The van der Waals surface area contributed by atoms with Gasteiger partial charge in [0.1, 0.15) is 11.6 Å². The molecule has 0 bridgehead atoms. The SMILES string of the molecule is [C-]#[N+]c1cnc(C)nc1N[C@@H](C)c1cc2cccc(C#CC)c2c(=O)n1-c1ccccc1. The molecular formula is C26H21N5O. The van der Waals surface area contributed by atoms with Crippen LogP contribution in [0.2, 0.25) is 0 Å². The largest absolute Gasteiger partial charge is 0.371 e. The summed E-state index contributed by atoms with van der Waals surface area (Å²) >= 11 is 0. The topological polar surface area (TPSA) is 64.2 Å². The number of aryl methyl sites for hydroxylation is 1. The van der Waals surface area contributed by atoms with Gasteiger partial charge < -0.3 is 5.32 Å². The summed E-state index contributed by atoms with van der Waals surface area (Å²) in [6.45, 7) is 12.9. The van der Waals surface area contributed by atoms with Crippen LogP contribution in [-0.2, 0) is 0 Å². The van der Waals surface area contributed by atoms with Crippen LogP contribution in [0.1, 0.15) is 37.0 Å². The summed E-state index contributed by atoms with van der Waals surface area (Å²) < 4.78 is 1.70. The molecule has 156 valence electrons. The lowest BCUT2D eigenvalue weighted by Crippen LogP contribution is -2.26. The zero-order valence-electron chi connectivity index (χ0n) is 18.0. The van der Waals surface area contributed by atoms with Crippen molar-refractivity contribution in [3.8, 4) is 17.5 Å². The van der Waals surface area contributed by atoms with Gasteiger partial charge in [-0.25, -0.2) is 9.83 Å². The van der Waals surface area contributed by atoms with Gasteiger partial charge in [-0.05, 0) is 50.4 Å². The van der Waals surface area contributed by atoms with Crippen molar-refractivity contribution in [3.63, 3.8) is 0 Å². The molecule has 32 heavy (non-hydrogen) atoms. The quantitative estimate of drug-likeness (QED) is 0.365. The zero-order chi connectivity index (χ0) is 22.7. The maximum absolute atomic E-state index is 13.8. The Morgan fingerprint density at radius 1 is 1.16 bits per heavy atom. The molecule has 1 atom stereocenters. The van der Waals surface area contributed by atoms with E-state index in [1.807, 2.05) is 61.5 Å². The molecule has 4 rings (SSSR count). The van der Waals surface area contributed by atoms with E-state index in [2.05, 4.69) is 32.0 Å². The van der Waals surface area contributed by atoms with Gasteiger partial charge in [0.15, 0.2) is 0 Å². The van der Waals surface area contributed by atoms with E-state index in [1.54, 1.807) is 18.4 Å². The van der Waals surface area contributed by atoms with Gasteiger partial charge in [-0.15, -0.1) is 5.92 Å². The fourth-order valence-corrected chi connectivity index (χ4v) is 3.71. The summed E-state index contributed by atoms with van der Waals surface area (Å²) in [4.78, 5) is 25.8. The first kappa shape index (κ1) is 20.8. The van der Waals surface area contributed by atoms with Gasteiger partial charge in [-0.2, -0.15) is 0 Å². The summed E-state index contributed by atoms with van der Waals surface area (Å²) in [6, 6.07) is 16.9. The van der Waals surface area contributed by atoms with E-state index >= 15 is 0 Å².